The van der Waals surface area contributed by atoms with Crippen LogP contribution in [0.4, 0.5) is 11.8 Å². The van der Waals surface area contributed by atoms with E-state index in [1.807, 2.05) is 0 Å². The molecule has 22 nitrogen and oxygen atoms in total. The molecule has 3 aliphatic rings. The molecule has 3 fully saturated rings. The van der Waals surface area contributed by atoms with Crippen molar-refractivity contribution in [2.75, 3.05) is 31.2 Å². The molecular weight excluding hydrogens is 688 g/mol. The zero-order chi connectivity index (χ0) is 33.2. The number of H-pyrrole nitrogens is 1. The van der Waals surface area contributed by atoms with Crippen LogP contribution in [0.25, 0.3) is 22.3 Å². The van der Waals surface area contributed by atoms with Gasteiger partial charge in [0, 0.05) is 5.92 Å². The van der Waals surface area contributed by atoms with Crippen molar-refractivity contribution in [3.8, 4) is 0 Å². The number of phosphoric ester groups is 1. The summed E-state index contributed by atoms with van der Waals surface area (Å²) < 4.78 is 50.8. The Morgan fingerprint density at radius 3 is 2.43 bits per heavy atom. The molecule has 0 spiro atoms. The number of hydrogen-bond donors (Lipinski definition) is 7. The Kier molecular flexibility index (Phi) is 8.40. The topological polar surface area (TPSA) is 318 Å². The number of phosphoric acid groups is 1. The predicted octanol–water partition coefficient (Wildman–Crippen LogP) is -1.62. The van der Waals surface area contributed by atoms with E-state index in [1.54, 1.807) is 0 Å². The normalized spacial score (nSPS) is 36.6. The fourth-order valence-electron chi connectivity index (χ4n) is 5.94. The van der Waals surface area contributed by atoms with Gasteiger partial charge in [0.2, 0.25) is 5.95 Å². The largest absolute Gasteiger partial charge is 0.472 e. The molecule has 0 aliphatic carbocycles. The molecule has 4 unspecified atom stereocenters. The fraction of sp³-hybridized carbons (Fsp3) is 0.545. The van der Waals surface area contributed by atoms with Gasteiger partial charge in [-0.25, -0.2) is 24.5 Å². The number of nitrogens with two attached hydrogens (primary N) is 3. The molecule has 4 aromatic heterocycles. The number of aliphatic hydroxyl groups excluding tert-OH is 1. The lowest BCUT2D eigenvalue weighted by Gasteiger charge is -2.28. The van der Waals surface area contributed by atoms with Gasteiger partial charge >= 0.3 is 14.5 Å². The SMILES string of the molecule is NCCC1[C@H]2COP(=O)(O)OC3[C@@H](COP(O)(=S)O[C@@H]1[C@H](n1cnc4c(=O)[nH]c(N)nc41)O2)O[C@@H](n1cnc2c(N)ncnc21)[C@H]3O. The van der Waals surface area contributed by atoms with Crippen LogP contribution in [0.5, 0.6) is 0 Å². The molecule has 0 radical (unpaired) electrons. The van der Waals surface area contributed by atoms with Crippen LogP contribution in [0.15, 0.2) is 23.8 Å². The van der Waals surface area contributed by atoms with E-state index in [1.165, 1.54) is 28.1 Å². The molecule has 7 heterocycles. The van der Waals surface area contributed by atoms with E-state index in [4.69, 9.17) is 56.6 Å². The van der Waals surface area contributed by atoms with Crippen LogP contribution in [0.2, 0.25) is 0 Å². The van der Waals surface area contributed by atoms with Gasteiger partial charge in [0.25, 0.3) is 5.56 Å². The van der Waals surface area contributed by atoms with E-state index in [9.17, 15) is 24.3 Å². The van der Waals surface area contributed by atoms with Gasteiger partial charge in [0.15, 0.2) is 35.1 Å². The molecule has 10 N–H and O–H groups in total. The van der Waals surface area contributed by atoms with Crippen LogP contribution >= 0.6 is 14.5 Å². The lowest BCUT2D eigenvalue weighted by Crippen LogP contribution is -2.36. The predicted molar refractivity (Wildman–Crippen MR) is 161 cm³/mol. The third-order valence-corrected chi connectivity index (χ3v) is 10.5. The van der Waals surface area contributed by atoms with Gasteiger partial charge in [0.05, 0.1) is 32.0 Å². The maximum atomic E-state index is 13.3. The number of aliphatic hydroxyl groups is 1. The highest BCUT2D eigenvalue weighted by Gasteiger charge is 2.53. The molecule has 3 aliphatic heterocycles. The minimum Gasteiger partial charge on any atom is -0.386 e. The molecular formula is C22H29N11O11P2S. The summed E-state index contributed by atoms with van der Waals surface area (Å²) in [5.74, 6) is -0.816. The van der Waals surface area contributed by atoms with Crippen LogP contribution in [-0.2, 0) is 43.9 Å². The van der Waals surface area contributed by atoms with E-state index >= 15 is 0 Å². The molecule has 3 saturated heterocycles. The molecule has 10 atom stereocenters. The summed E-state index contributed by atoms with van der Waals surface area (Å²) in [6.45, 7) is -5.18. The average molecular weight is 718 g/mol. The first-order valence-corrected chi connectivity index (χ1v) is 18.1. The second kappa shape index (κ2) is 12.1. The van der Waals surface area contributed by atoms with E-state index in [-0.39, 0.29) is 47.1 Å². The van der Waals surface area contributed by atoms with E-state index in [0.717, 1.165) is 0 Å². The average Bonchev–Trinajstić information content (AvgIpc) is 3.76. The summed E-state index contributed by atoms with van der Waals surface area (Å²) >= 11 is 5.38. The molecule has 0 amide bonds. The maximum Gasteiger partial charge on any atom is 0.472 e. The molecule has 254 valence electrons. The summed E-state index contributed by atoms with van der Waals surface area (Å²) in [4.78, 5) is 57.4. The number of aromatic nitrogens is 8. The molecule has 7 rings (SSSR count). The van der Waals surface area contributed by atoms with Crippen LogP contribution in [0.1, 0.15) is 18.9 Å². The van der Waals surface area contributed by atoms with Crippen LogP contribution in [0.3, 0.4) is 0 Å². The number of anilines is 2. The number of aromatic amines is 1. The van der Waals surface area contributed by atoms with Crippen molar-refractivity contribution in [3.63, 3.8) is 0 Å². The fourth-order valence-corrected chi connectivity index (χ4v) is 8.35. The highest BCUT2D eigenvalue weighted by Crippen LogP contribution is 2.55. The first-order valence-electron chi connectivity index (χ1n) is 14.0. The van der Waals surface area contributed by atoms with Crippen molar-refractivity contribution in [2.24, 2.45) is 11.7 Å². The van der Waals surface area contributed by atoms with Gasteiger partial charge < -0.3 is 50.6 Å². The standard InChI is InChI=1S/C22H29N11O11P2S/c23-2-1-8-9-3-39-45(36,37)43-15-10(42-20(13(15)34)32-6-28-11-16(24)26-5-27-17(11)32)4-40-46(38,47)44-14(8)21(41-9)33-7-29-12-18(33)30-22(25)31-19(12)35/h5-10,13-15,20-21,34H,1-4,23H2,(H,36,37)(H,38,47)(H2,24,26,27)(H3,25,30,31,35)/t8?,9-,10-,13+,14+,15?,20-,21-,46?/m1/s1. The van der Waals surface area contributed by atoms with Gasteiger partial charge in [-0.05, 0) is 24.8 Å². The van der Waals surface area contributed by atoms with Crippen molar-refractivity contribution in [1.29, 1.82) is 0 Å². The van der Waals surface area contributed by atoms with Gasteiger partial charge in [-0.15, -0.1) is 0 Å². The second-order valence-electron chi connectivity index (χ2n) is 10.9. The Morgan fingerprint density at radius 1 is 0.957 bits per heavy atom. The minimum atomic E-state index is -4.95. The highest BCUT2D eigenvalue weighted by atomic mass is 32.5. The number of nitrogen functional groups attached to an aromatic ring is 2. The highest BCUT2D eigenvalue weighted by molar-refractivity contribution is 8.07. The lowest BCUT2D eigenvalue weighted by molar-refractivity contribution is -0.0631. The molecule has 47 heavy (non-hydrogen) atoms. The van der Waals surface area contributed by atoms with Crippen molar-refractivity contribution < 1.29 is 47.0 Å². The Morgan fingerprint density at radius 2 is 1.66 bits per heavy atom. The number of imidazole rings is 2. The zero-order valence-electron chi connectivity index (χ0n) is 24.0. The van der Waals surface area contributed by atoms with Crippen LogP contribution in [0, 0.1) is 5.92 Å². The summed E-state index contributed by atoms with van der Waals surface area (Å²) in [6, 6.07) is 0. The zero-order valence-corrected chi connectivity index (χ0v) is 26.6. The Bertz CT molecular complexity index is 1980. The number of ether oxygens (including phenoxy) is 2. The molecule has 4 aromatic rings. The Hall–Kier alpha value is -3.02. The summed E-state index contributed by atoms with van der Waals surface area (Å²) in [6.07, 6.45) is -5.04. The molecule has 0 saturated carbocycles. The maximum absolute atomic E-state index is 13.3. The van der Waals surface area contributed by atoms with Gasteiger partial charge in [-0.1, -0.05) is 0 Å². The number of hydrogen-bond acceptors (Lipinski definition) is 18. The number of nitrogens with zero attached hydrogens (tertiary/aromatic N) is 7. The number of rotatable bonds is 4. The van der Waals surface area contributed by atoms with Gasteiger partial charge in [-0.2, -0.15) is 4.98 Å². The van der Waals surface area contributed by atoms with E-state index < -0.39 is 82.2 Å². The van der Waals surface area contributed by atoms with Crippen molar-refractivity contribution in [3.05, 3.63) is 29.3 Å². The second-order valence-corrected chi connectivity index (χ2v) is 15.1. The van der Waals surface area contributed by atoms with Crippen LogP contribution in [-0.4, -0.2) is 104 Å². The van der Waals surface area contributed by atoms with Crippen molar-refractivity contribution in [2.45, 2.75) is 49.4 Å². The molecule has 25 heteroatoms. The number of fused-ring (bicyclic) bond motifs is 5. The quantitative estimate of drug-likeness (QED) is 0.117. The summed E-state index contributed by atoms with van der Waals surface area (Å²) in [7, 11) is -4.95. The minimum absolute atomic E-state index is 0.0311. The third-order valence-electron chi connectivity index (χ3n) is 8.00. The monoisotopic (exact) mass is 717 g/mol. The smallest absolute Gasteiger partial charge is 0.386 e. The van der Waals surface area contributed by atoms with Gasteiger partial charge in [0.1, 0.15) is 36.3 Å². The first kappa shape index (κ1) is 32.5. The lowest BCUT2D eigenvalue weighted by atomic mass is 9.94. The Balaban J connectivity index is 1.23. The number of nitrogens with one attached hydrogen (secondary N) is 1. The Labute approximate surface area is 268 Å². The summed E-state index contributed by atoms with van der Waals surface area (Å²) in [5, 5.41) is 11.3. The third kappa shape index (κ3) is 5.97. The first-order chi connectivity index (χ1) is 22.4. The molecule has 0 aromatic carbocycles. The van der Waals surface area contributed by atoms with Crippen LogP contribution < -0.4 is 22.8 Å². The van der Waals surface area contributed by atoms with E-state index in [2.05, 4.69) is 29.9 Å². The van der Waals surface area contributed by atoms with Gasteiger partial charge in [-0.3, -0.25) is 28.0 Å². The van der Waals surface area contributed by atoms with Crippen molar-refractivity contribution >= 4 is 60.4 Å². The molecule has 2 bridgehead atoms. The van der Waals surface area contributed by atoms with Crippen molar-refractivity contribution in [1.82, 2.24) is 39.0 Å². The summed E-state index contributed by atoms with van der Waals surface area (Å²) in [5.41, 5.74) is 17.3. The van der Waals surface area contributed by atoms with E-state index in [0.29, 0.717) is 0 Å².